The predicted molar refractivity (Wildman–Crippen MR) is 70.0 cm³/mol. The van der Waals surface area contributed by atoms with Gasteiger partial charge in [-0.3, -0.25) is 9.78 Å². The first-order valence-electron chi connectivity index (χ1n) is 5.40. The molecule has 0 saturated carbocycles. The molecule has 1 aromatic carbocycles. The van der Waals surface area contributed by atoms with Gasteiger partial charge in [0.2, 0.25) is 0 Å². The maximum Gasteiger partial charge on any atom is 0.335 e. The topological polar surface area (TPSA) is 103 Å². The molecule has 0 aliphatic rings. The molecule has 2 rings (SSSR count). The van der Waals surface area contributed by atoms with Crippen molar-refractivity contribution < 1.29 is 9.90 Å². The van der Waals surface area contributed by atoms with Gasteiger partial charge in [-0.1, -0.05) is 18.2 Å². The van der Waals surface area contributed by atoms with Crippen LogP contribution in [0.3, 0.4) is 0 Å². The van der Waals surface area contributed by atoms with Gasteiger partial charge in [0.15, 0.2) is 0 Å². The lowest BCUT2D eigenvalue weighted by Gasteiger charge is -1.96. The number of carbonyl (C=O) groups is 1. The molecule has 0 radical (unpaired) electrons. The number of aromatic nitrogens is 2. The Morgan fingerprint density at radius 1 is 1.11 bits per heavy atom. The van der Waals surface area contributed by atoms with E-state index in [4.69, 9.17) is 5.11 Å². The van der Waals surface area contributed by atoms with Gasteiger partial charge in [-0.25, -0.2) is 9.59 Å². The second kappa shape index (κ2) is 5.18. The molecule has 0 amide bonds. The van der Waals surface area contributed by atoms with Gasteiger partial charge in [0, 0.05) is 6.20 Å². The number of rotatable bonds is 3. The Morgan fingerprint density at radius 3 is 2.37 bits per heavy atom. The highest BCUT2D eigenvalue weighted by Crippen LogP contribution is 2.07. The maximum absolute atomic E-state index is 11.4. The van der Waals surface area contributed by atoms with Gasteiger partial charge in [-0.15, -0.1) is 0 Å². The molecule has 0 atom stereocenters. The first kappa shape index (κ1) is 12.6. The Hall–Kier alpha value is -2.89. The summed E-state index contributed by atoms with van der Waals surface area (Å²) in [5.74, 6) is -0.993. The molecule has 0 aliphatic heterocycles. The predicted octanol–water partition coefficient (Wildman–Crippen LogP) is 0.932. The molecule has 0 spiro atoms. The van der Waals surface area contributed by atoms with E-state index in [0.717, 1.165) is 5.56 Å². The Balaban J connectivity index is 2.25. The molecule has 0 saturated heterocycles. The number of hydrogen-bond donors (Lipinski definition) is 3. The molecule has 1 heterocycles. The Morgan fingerprint density at radius 2 is 1.79 bits per heavy atom. The van der Waals surface area contributed by atoms with Crippen LogP contribution in [0.15, 0.2) is 40.1 Å². The van der Waals surface area contributed by atoms with Gasteiger partial charge >= 0.3 is 11.7 Å². The van der Waals surface area contributed by atoms with Gasteiger partial charge in [0.1, 0.15) is 0 Å². The van der Waals surface area contributed by atoms with Crippen LogP contribution in [-0.2, 0) is 0 Å². The normalized spacial score (nSPS) is 10.7. The highest BCUT2D eigenvalue weighted by atomic mass is 16.4. The maximum atomic E-state index is 11.4. The minimum atomic E-state index is -0.993. The molecule has 0 aliphatic carbocycles. The Bertz CT molecular complexity index is 738. The third kappa shape index (κ3) is 3.06. The van der Waals surface area contributed by atoms with E-state index in [2.05, 4.69) is 9.97 Å². The summed E-state index contributed by atoms with van der Waals surface area (Å²) in [6.07, 6.45) is 4.49. The van der Waals surface area contributed by atoms with Crippen molar-refractivity contribution in [2.24, 2.45) is 0 Å². The van der Waals surface area contributed by atoms with Gasteiger partial charge in [-0.2, -0.15) is 0 Å². The smallest absolute Gasteiger partial charge is 0.335 e. The summed E-state index contributed by atoms with van der Waals surface area (Å²) in [5.41, 5.74) is 0.201. The summed E-state index contributed by atoms with van der Waals surface area (Å²) < 4.78 is 0. The molecule has 1 aromatic heterocycles. The van der Waals surface area contributed by atoms with Crippen molar-refractivity contribution in [2.75, 3.05) is 0 Å². The van der Waals surface area contributed by atoms with Crippen molar-refractivity contribution in [2.45, 2.75) is 0 Å². The fourth-order valence-electron chi connectivity index (χ4n) is 1.47. The van der Waals surface area contributed by atoms with E-state index in [1.165, 1.54) is 24.4 Å². The summed E-state index contributed by atoms with van der Waals surface area (Å²) in [6, 6.07) is 6.19. The Kier molecular flexibility index (Phi) is 3.42. The van der Waals surface area contributed by atoms with E-state index in [1.54, 1.807) is 18.2 Å². The monoisotopic (exact) mass is 258 g/mol. The number of nitrogens with one attached hydrogen (secondary N) is 2. The molecule has 6 nitrogen and oxygen atoms in total. The molecular weight excluding hydrogens is 248 g/mol. The van der Waals surface area contributed by atoms with E-state index in [1.807, 2.05) is 0 Å². The molecule has 3 N–H and O–H groups in total. The highest BCUT2D eigenvalue weighted by molar-refractivity contribution is 5.88. The molecule has 2 aromatic rings. The SMILES string of the molecule is O=C(O)c1ccc(C=Cc2c[nH]c(=O)[nH]c2=O)cc1. The minimum Gasteiger partial charge on any atom is -0.478 e. The van der Waals surface area contributed by atoms with Crippen LogP contribution >= 0.6 is 0 Å². The van der Waals surface area contributed by atoms with E-state index in [9.17, 15) is 14.4 Å². The zero-order valence-electron chi connectivity index (χ0n) is 9.71. The van der Waals surface area contributed by atoms with Crippen molar-refractivity contribution in [1.29, 1.82) is 0 Å². The summed E-state index contributed by atoms with van der Waals surface area (Å²) >= 11 is 0. The number of hydrogen-bond acceptors (Lipinski definition) is 3. The average molecular weight is 258 g/mol. The summed E-state index contributed by atoms with van der Waals surface area (Å²) in [5, 5.41) is 8.75. The lowest BCUT2D eigenvalue weighted by Crippen LogP contribution is -2.22. The molecule has 96 valence electrons. The van der Waals surface area contributed by atoms with E-state index < -0.39 is 17.2 Å². The summed E-state index contributed by atoms with van der Waals surface area (Å²) in [4.78, 5) is 37.4. The van der Waals surface area contributed by atoms with Crippen LogP contribution in [0.2, 0.25) is 0 Å². The number of H-pyrrole nitrogens is 2. The quantitative estimate of drug-likeness (QED) is 0.761. The van der Waals surface area contributed by atoms with Crippen LogP contribution in [-0.4, -0.2) is 21.0 Å². The van der Waals surface area contributed by atoms with Gasteiger partial charge in [0.25, 0.3) is 5.56 Å². The zero-order valence-corrected chi connectivity index (χ0v) is 9.71. The molecular formula is C13H10N2O4. The number of benzene rings is 1. The van der Waals surface area contributed by atoms with E-state index in [-0.39, 0.29) is 5.56 Å². The minimum absolute atomic E-state index is 0.194. The van der Waals surface area contributed by atoms with Crippen molar-refractivity contribution in [3.05, 3.63) is 68.0 Å². The van der Waals surface area contributed by atoms with Crippen molar-refractivity contribution in [1.82, 2.24) is 9.97 Å². The molecule has 19 heavy (non-hydrogen) atoms. The average Bonchev–Trinajstić information content (AvgIpc) is 2.38. The van der Waals surface area contributed by atoms with Gasteiger partial charge in [0.05, 0.1) is 11.1 Å². The van der Waals surface area contributed by atoms with Gasteiger partial charge < -0.3 is 10.1 Å². The van der Waals surface area contributed by atoms with Crippen LogP contribution in [0.4, 0.5) is 0 Å². The van der Waals surface area contributed by atoms with Crippen LogP contribution in [0.25, 0.3) is 12.2 Å². The number of carboxylic acids is 1. The fourth-order valence-corrected chi connectivity index (χ4v) is 1.47. The number of aromatic amines is 2. The van der Waals surface area contributed by atoms with Crippen LogP contribution in [0.5, 0.6) is 0 Å². The number of aromatic carboxylic acids is 1. The largest absolute Gasteiger partial charge is 0.478 e. The highest BCUT2D eigenvalue weighted by Gasteiger charge is 2.00. The second-order valence-electron chi connectivity index (χ2n) is 3.79. The zero-order chi connectivity index (χ0) is 13.8. The lowest BCUT2D eigenvalue weighted by molar-refractivity contribution is 0.0697. The molecule has 0 bridgehead atoms. The molecule has 0 fully saturated rings. The van der Waals surface area contributed by atoms with Crippen LogP contribution in [0.1, 0.15) is 21.5 Å². The summed E-state index contributed by atoms with van der Waals surface area (Å²) in [6.45, 7) is 0. The second-order valence-corrected chi connectivity index (χ2v) is 3.79. The van der Waals surface area contributed by atoms with E-state index in [0.29, 0.717) is 5.56 Å². The molecule has 0 unspecified atom stereocenters. The van der Waals surface area contributed by atoms with Crippen molar-refractivity contribution >= 4 is 18.1 Å². The first-order valence-corrected chi connectivity index (χ1v) is 5.40. The number of carboxylic acid groups (broad SMARTS) is 1. The fraction of sp³-hybridized carbons (Fsp3) is 0. The summed E-state index contributed by atoms with van der Waals surface area (Å²) in [7, 11) is 0. The van der Waals surface area contributed by atoms with Gasteiger partial charge in [-0.05, 0) is 23.8 Å². The van der Waals surface area contributed by atoms with Crippen molar-refractivity contribution in [3.8, 4) is 0 Å². The third-order valence-corrected chi connectivity index (χ3v) is 2.46. The lowest BCUT2D eigenvalue weighted by atomic mass is 10.1. The van der Waals surface area contributed by atoms with Crippen LogP contribution < -0.4 is 11.2 Å². The van der Waals surface area contributed by atoms with E-state index >= 15 is 0 Å². The standard InChI is InChI=1S/C13H10N2O4/c16-11-10(7-14-13(19)15-11)6-3-8-1-4-9(5-2-8)12(17)18/h1-7H,(H,17,18)(H2,14,15,16,19). The third-order valence-electron chi connectivity index (χ3n) is 2.46. The van der Waals surface area contributed by atoms with Crippen LogP contribution in [0, 0.1) is 0 Å². The van der Waals surface area contributed by atoms with Crippen molar-refractivity contribution in [3.63, 3.8) is 0 Å². The molecule has 6 heteroatoms. The Labute approximate surface area is 107 Å². The first-order chi connectivity index (χ1) is 9.06.